The van der Waals surface area contributed by atoms with E-state index in [2.05, 4.69) is 5.32 Å². The maximum atomic E-state index is 14.0. The van der Waals surface area contributed by atoms with Crippen molar-refractivity contribution in [2.24, 2.45) is 0 Å². The predicted molar refractivity (Wildman–Crippen MR) is 86.3 cm³/mol. The first-order chi connectivity index (χ1) is 11.2. The summed E-state index contributed by atoms with van der Waals surface area (Å²) >= 11 is 0. The number of alkyl halides is 1. The number of nitrogens with one attached hydrogen (secondary N) is 1. The van der Waals surface area contributed by atoms with Crippen molar-refractivity contribution in [3.63, 3.8) is 0 Å². The third-order valence-electron chi connectivity index (χ3n) is 3.42. The predicted octanol–water partition coefficient (Wildman–Crippen LogP) is 2.87. The summed E-state index contributed by atoms with van der Waals surface area (Å²) in [6.45, 7) is 5.26. The molecule has 1 fully saturated rings. The normalized spacial score (nSPS) is 20.6. The number of halogens is 1. The molecule has 7 heteroatoms. The molecule has 2 rings (SSSR count). The Hall–Kier alpha value is -2.31. The van der Waals surface area contributed by atoms with Gasteiger partial charge in [-0.15, -0.1) is 0 Å². The Morgan fingerprint density at radius 1 is 1.25 bits per heavy atom. The maximum absolute atomic E-state index is 14.0. The molecule has 0 radical (unpaired) electrons. The number of amides is 2. The number of likely N-dealkylation sites (tertiary alicyclic amines) is 1. The summed E-state index contributed by atoms with van der Waals surface area (Å²) in [5.41, 5.74) is 0.189. The van der Waals surface area contributed by atoms with Crippen molar-refractivity contribution in [2.75, 3.05) is 13.1 Å². The molecule has 132 valence electrons. The number of rotatable bonds is 3. The first-order valence-electron chi connectivity index (χ1n) is 7.84. The molecule has 0 spiro atoms. The Bertz CT molecular complexity index is 574. The second-order valence-electron chi connectivity index (χ2n) is 6.71. The van der Waals surface area contributed by atoms with Gasteiger partial charge in [0.2, 0.25) is 0 Å². The standard InChI is InChI=1S/C17H23FN2O4/c1-17(2,3)24-16(22)20-9-13(18)14(10-20)19-15(21)23-11-12-7-5-4-6-8-12/h4-8,13-14H,9-11H2,1-3H3,(H,19,21)/t13?,14-/m1/s1. The van der Waals surface area contributed by atoms with Crippen LogP contribution in [0.5, 0.6) is 0 Å². The quantitative estimate of drug-likeness (QED) is 0.920. The molecule has 1 N–H and O–H groups in total. The van der Waals surface area contributed by atoms with Crippen LogP contribution in [0.3, 0.4) is 0 Å². The van der Waals surface area contributed by atoms with Gasteiger partial charge in [0.15, 0.2) is 0 Å². The van der Waals surface area contributed by atoms with E-state index in [1.807, 2.05) is 30.3 Å². The van der Waals surface area contributed by atoms with Crippen molar-refractivity contribution in [3.05, 3.63) is 35.9 Å². The van der Waals surface area contributed by atoms with Crippen molar-refractivity contribution < 1.29 is 23.5 Å². The topological polar surface area (TPSA) is 67.9 Å². The van der Waals surface area contributed by atoms with E-state index in [-0.39, 0.29) is 19.7 Å². The molecule has 0 aromatic heterocycles. The number of nitrogens with zero attached hydrogens (tertiary/aromatic N) is 1. The number of carbonyl (C=O) groups is 2. The highest BCUT2D eigenvalue weighted by molar-refractivity contribution is 5.70. The third-order valence-corrected chi connectivity index (χ3v) is 3.42. The second kappa shape index (κ2) is 7.51. The van der Waals surface area contributed by atoms with Crippen LogP contribution in [0.2, 0.25) is 0 Å². The third kappa shape index (κ3) is 5.40. The molecule has 1 saturated heterocycles. The van der Waals surface area contributed by atoms with Gasteiger partial charge in [0.1, 0.15) is 18.4 Å². The molecule has 24 heavy (non-hydrogen) atoms. The fraction of sp³-hybridized carbons (Fsp3) is 0.529. The molecule has 2 atom stereocenters. The largest absolute Gasteiger partial charge is 0.445 e. The Morgan fingerprint density at radius 2 is 1.92 bits per heavy atom. The summed E-state index contributed by atoms with van der Waals surface area (Å²) in [7, 11) is 0. The number of alkyl carbamates (subject to hydrolysis) is 1. The van der Waals surface area contributed by atoms with E-state index >= 15 is 0 Å². The van der Waals surface area contributed by atoms with Crippen LogP contribution in [0.1, 0.15) is 26.3 Å². The Morgan fingerprint density at radius 3 is 2.54 bits per heavy atom. The molecule has 0 bridgehead atoms. The summed E-state index contributed by atoms with van der Waals surface area (Å²) in [6, 6.07) is 8.38. The van der Waals surface area contributed by atoms with Crippen LogP contribution in [0, 0.1) is 0 Å². The van der Waals surface area contributed by atoms with Gasteiger partial charge in [-0.05, 0) is 26.3 Å². The van der Waals surface area contributed by atoms with Crippen LogP contribution in [-0.4, -0.2) is 48.0 Å². The van der Waals surface area contributed by atoms with Gasteiger partial charge in [0, 0.05) is 6.54 Å². The summed E-state index contributed by atoms with van der Waals surface area (Å²) in [5.74, 6) is 0. The summed E-state index contributed by atoms with van der Waals surface area (Å²) in [5, 5.41) is 2.46. The van der Waals surface area contributed by atoms with Gasteiger partial charge in [-0.1, -0.05) is 30.3 Å². The maximum Gasteiger partial charge on any atom is 0.410 e. The smallest absolute Gasteiger partial charge is 0.410 e. The molecule has 1 aliphatic rings. The zero-order valence-electron chi connectivity index (χ0n) is 14.1. The lowest BCUT2D eigenvalue weighted by molar-refractivity contribution is 0.0281. The summed E-state index contributed by atoms with van der Waals surface area (Å²) < 4.78 is 24.3. The minimum atomic E-state index is -1.36. The van der Waals surface area contributed by atoms with Crippen molar-refractivity contribution in [1.82, 2.24) is 10.2 Å². The first kappa shape index (κ1) is 18.0. The van der Waals surface area contributed by atoms with Gasteiger partial charge >= 0.3 is 12.2 Å². The van der Waals surface area contributed by atoms with Crippen LogP contribution < -0.4 is 5.32 Å². The minimum absolute atomic E-state index is 0.0521. The number of hydrogen-bond acceptors (Lipinski definition) is 4. The molecule has 1 unspecified atom stereocenters. The van der Waals surface area contributed by atoms with Crippen molar-refractivity contribution in [3.8, 4) is 0 Å². The van der Waals surface area contributed by atoms with Crippen molar-refractivity contribution >= 4 is 12.2 Å². The number of carbonyl (C=O) groups excluding carboxylic acids is 2. The highest BCUT2D eigenvalue weighted by Gasteiger charge is 2.38. The van der Waals surface area contributed by atoms with Crippen molar-refractivity contribution in [1.29, 1.82) is 0 Å². The lowest BCUT2D eigenvalue weighted by Crippen LogP contribution is -2.42. The molecule has 0 aliphatic carbocycles. The average molecular weight is 338 g/mol. The summed E-state index contributed by atoms with van der Waals surface area (Å²) in [6.07, 6.45) is -2.66. The number of ether oxygens (including phenoxy) is 2. The molecular weight excluding hydrogens is 315 g/mol. The van der Waals surface area contributed by atoms with E-state index in [0.717, 1.165) is 5.56 Å². The molecule has 0 saturated carbocycles. The lowest BCUT2D eigenvalue weighted by atomic mass is 10.2. The Balaban J connectivity index is 1.80. The minimum Gasteiger partial charge on any atom is -0.445 e. The molecule has 1 aromatic rings. The fourth-order valence-electron chi connectivity index (χ4n) is 2.29. The van der Waals surface area contributed by atoms with Crippen LogP contribution in [0.15, 0.2) is 30.3 Å². The van der Waals surface area contributed by atoms with Gasteiger partial charge in [0.25, 0.3) is 0 Å². The van der Waals surface area contributed by atoms with E-state index < -0.39 is 30.0 Å². The molecule has 1 heterocycles. The van der Waals surface area contributed by atoms with E-state index in [4.69, 9.17) is 9.47 Å². The van der Waals surface area contributed by atoms with Crippen LogP contribution in [0.25, 0.3) is 0 Å². The SMILES string of the molecule is CC(C)(C)OC(=O)N1CC(F)[C@H](NC(=O)OCc2ccccc2)C1. The van der Waals surface area contributed by atoms with Gasteiger partial charge < -0.3 is 19.7 Å². The average Bonchev–Trinajstić information content (AvgIpc) is 2.86. The highest BCUT2D eigenvalue weighted by atomic mass is 19.1. The summed E-state index contributed by atoms with van der Waals surface area (Å²) in [4.78, 5) is 25.0. The highest BCUT2D eigenvalue weighted by Crippen LogP contribution is 2.18. The first-order valence-corrected chi connectivity index (χ1v) is 7.84. The van der Waals surface area contributed by atoms with E-state index in [1.165, 1.54) is 4.90 Å². The zero-order chi connectivity index (χ0) is 17.7. The van der Waals surface area contributed by atoms with E-state index in [1.54, 1.807) is 20.8 Å². The molecule has 1 aliphatic heterocycles. The van der Waals surface area contributed by atoms with Crippen LogP contribution in [0.4, 0.5) is 14.0 Å². The van der Waals surface area contributed by atoms with Crippen LogP contribution in [-0.2, 0) is 16.1 Å². The Labute approximate surface area is 140 Å². The van der Waals surface area contributed by atoms with Gasteiger partial charge in [0.05, 0.1) is 12.6 Å². The van der Waals surface area contributed by atoms with Gasteiger partial charge in [-0.3, -0.25) is 0 Å². The second-order valence-corrected chi connectivity index (χ2v) is 6.71. The molecule has 2 amide bonds. The van der Waals surface area contributed by atoms with Crippen molar-refractivity contribution in [2.45, 2.75) is 45.2 Å². The number of benzene rings is 1. The fourth-order valence-corrected chi connectivity index (χ4v) is 2.29. The molecule has 6 nitrogen and oxygen atoms in total. The zero-order valence-corrected chi connectivity index (χ0v) is 14.1. The molecule has 1 aromatic carbocycles. The van der Waals surface area contributed by atoms with Gasteiger partial charge in [-0.25, -0.2) is 14.0 Å². The Kier molecular flexibility index (Phi) is 5.64. The van der Waals surface area contributed by atoms with E-state index in [9.17, 15) is 14.0 Å². The monoisotopic (exact) mass is 338 g/mol. The number of hydrogen-bond donors (Lipinski definition) is 1. The van der Waals surface area contributed by atoms with Gasteiger partial charge in [-0.2, -0.15) is 0 Å². The molecular formula is C17H23FN2O4. The lowest BCUT2D eigenvalue weighted by Gasteiger charge is -2.24. The van der Waals surface area contributed by atoms with Crippen LogP contribution >= 0.6 is 0 Å². The van der Waals surface area contributed by atoms with E-state index in [0.29, 0.717) is 0 Å².